The van der Waals surface area contributed by atoms with Gasteiger partial charge in [-0.25, -0.2) is 4.57 Å². The summed E-state index contributed by atoms with van der Waals surface area (Å²) in [6.45, 7) is 7.49. The summed E-state index contributed by atoms with van der Waals surface area (Å²) in [6, 6.07) is 26.2. The van der Waals surface area contributed by atoms with Crippen molar-refractivity contribution in [3.63, 3.8) is 0 Å². The van der Waals surface area contributed by atoms with Gasteiger partial charge in [-0.05, 0) is 55.7 Å². The van der Waals surface area contributed by atoms with E-state index in [-0.39, 0.29) is 0 Å². The van der Waals surface area contributed by atoms with Crippen LogP contribution >= 0.6 is 0 Å². The monoisotopic (exact) mass is 394 g/mol. The topological polar surface area (TPSA) is 7.76 Å². The SMILES string of the molecule is Cc1cc[n+](CCc2ccc[n+](C)c2-c2ccccc2C)c(-c2ccccc2C)c1. The Morgan fingerprint density at radius 3 is 2.07 bits per heavy atom. The summed E-state index contributed by atoms with van der Waals surface area (Å²) < 4.78 is 4.64. The highest BCUT2D eigenvalue weighted by Gasteiger charge is 2.20. The molecule has 0 N–H and O–H groups in total. The van der Waals surface area contributed by atoms with Crippen molar-refractivity contribution in [2.45, 2.75) is 33.7 Å². The van der Waals surface area contributed by atoms with Gasteiger partial charge in [-0.15, -0.1) is 0 Å². The van der Waals surface area contributed by atoms with Crippen LogP contribution in [0.4, 0.5) is 0 Å². The van der Waals surface area contributed by atoms with E-state index in [0.29, 0.717) is 0 Å². The quantitative estimate of drug-likeness (QED) is 0.406. The lowest BCUT2D eigenvalue weighted by Crippen LogP contribution is -2.38. The molecule has 0 spiro atoms. The van der Waals surface area contributed by atoms with Crippen LogP contribution in [0.2, 0.25) is 0 Å². The molecule has 0 saturated heterocycles. The van der Waals surface area contributed by atoms with Crippen LogP contribution in [0.25, 0.3) is 22.5 Å². The van der Waals surface area contributed by atoms with Crippen LogP contribution in [0.1, 0.15) is 22.3 Å². The van der Waals surface area contributed by atoms with Gasteiger partial charge >= 0.3 is 0 Å². The van der Waals surface area contributed by atoms with Crippen molar-refractivity contribution in [3.8, 4) is 22.5 Å². The largest absolute Gasteiger partial charge is 0.215 e. The normalized spacial score (nSPS) is 10.9. The number of hydrogen-bond acceptors (Lipinski definition) is 0. The summed E-state index contributed by atoms with van der Waals surface area (Å²) in [7, 11) is 2.14. The van der Waals surface area contributed by atoms with Gasteiger partial charge in [-0.1, -0.05) is 36.4 Å². The average Bonchev–Trinajstić information content (AvgIpc) is 2.74. The molecule has 2 heterocycles. The number of rotatable bonds is 5. The van der Waals surface area contributed by atoms with Gasteiger partial charge in [0.25, 0.3) is 0 Å². The molecular formula is C28H30N2+2. The molecule has 2 aromatic heterocycles. The predicted molar refractivity (Wildman–Crippen MR) is 123 cm³/mol. The Morgan fingerprint density at radius 1 is 0.700 bits per heavy atom. The molecular weight excluding hydrogens is 364 g/mol. The summed E-state index contributed by atoms with van der Waals surface area (Å²) in [6.07, 6.45) is 5.35. The molecule has 2 heteroatoms. The molecule has 0 fully saturated rings. The lowest BCUT2D eigenvalue weighted by molar-refractivity contribution is -0.686. The molecule has 2 aromatic carbocycles. The predicted octanol–water partition coefficient (Wildman–Crippen LogP) is 5.30. The van der Waals surface area contributed by atoms with Gasteiger partial charge in [0, 0.05) is 41.3 Å². The molecule has 0 aliphatic rings. The van der Waals surface area contributed by atoms with Crippen molar-refractivity contribution >= 4 is 0 Å². The molecule has 0 aliphatic carbocycles. The Labute approximate surface area is 180 Å². The smallest absolute Gasteiger partial charge is 0.201 e. The lowest BCUT2D eigenvalue weighted by atomic mass is 9.98. The zero-order valence-corrected chi connectivity index (χ0v) is 18.4. The third-order valence-corrected chi connectivity index (χ3v) is 5.90. The van der Waals surface area contributed by atoms with Gasteiger partial charge < -0.3 is 0 Å². The lowest BCUT2D eigenvalue weighted by Gasteiger charge is -2.10. The molecule has 0 atom stereocenters. The fourth-order valence-corrected chi connectivity index (χ4v) is 4.23. The molecule has 2 nitrogen and oxygen atoms in total. The number of hydrogen-bond donors (Lipinski definition) is 0. The summed E-state index contributed by atoms with van der Waals surface area (Å²) >= 11 is 0. The van der Waals surface area contributed by atoms with E-state index in [1.807, 2.05) is 0 Å². The van der Waals surface area contributed by atoms with E-state index in [1.54, 1.807) is 0 Å². The Morgan fingerprint density at radius 2 is 1.37 bits per heavy atom. The first-order valence-corrected chi connectivity index (χ1v) is 10.6. The summed E-state index contributed by atoms with van der Waals surface area (Å²) in [5.41, 5.74) is 10.5. The van der Waals surface area contributed by atoms with Gasteiger partial charge in [0.2, 0.25) is 11.4 Å². The van der Waals surface area contributed by atoms with E-state index in [2.05, 4.69) is 122 Å². The standard InChI is InChI=1S/C28H30N2/c1-21-15-18-30(27(20-21)25-13-7-5-10-22(25)2)19-16-24-12-9-17-29(4)28(24)26-14-8-6-11-23(26)3/h5-15,17-18,20H,16,19H2,1-4H3/q+2. The first kappa shape index (κ1) is 20.0. The third kappa shape index (κ3) is 4.04. The van der Waals surface area contributed by atoms with E-state index in [0.717, 1.165) is 13.0 Å². The van der Waals surface area contributed by atoms with Gasteiger partial charge in [0.15, 0.2) is 18.9 Å². The second-order valence-corrected chi connectivity index (χ2v) is 8.16. The van der Waals surface area contributed by atoms with Gasteiger partial charge in [-0.2, -0.15) is 4.57 Å². The van der Waals surface area contributed by atoms with Crippen molar-refractivity contribution < 1.29 is 9.13 Å². The number of pyridine rings is 2. The zero-order valence-electron chi connectivity index (χ0n) is 18.4. The first-order valence-electron chi connectivity index (χ1n) is 10.6. The maximum absolute atomic E-state index is 2.39. The van der Waals surface area contributed by atoms with Crippen LogP contribution in [0.3, 0.4) is 0 Å². The Bertz CT molecular complexity index is 1190. The number of nitrogens with zero attached hydrogens (tertiary/aromatic N) is 2. The second-order valence-electron chi connectivity index (χ2n) is 8.16. The number of aryl methyl sites for hydroxylation is 6. The molecule has 0 saturated carbocycles. The van der Waals surface area contributed by atoms with Gasteiger partial charge in [0.1, 0.15) is 7.05 Å². The molecule has 0 aliphatic heterocycles. The van der Waals surface area contributed by atoms with Crippen LogP contribution in [-0.4, -0.2) is 0 Å². The van der Waals surface area contributed by atoms with E-state index in [1.165, 1.54) is 44.8 Å². The van der Waals surface area contributed by atoms with Crippen molar-refractivity contribution in [2.75, 3.05) is 0 Å². The summed E-state index contributed by atoms with van der Waals surface area (Å²) in [4.78, 5) is 0. The first-order chi connectivity index (χ1) is 14.5. The molecule has 4 rings (SSSR count). The molecule has 0 bridgehead atoms. The van der Waals surface area contributed by atoms with Crippen molar-refractivity contribution in [3.05, 3.63) is 107 Å². The molecule has 30 heavy (non-hydrogen) atoms. The van der Waals surface area contributed by atoms with Crippen molar-refractivity contribution in [1.29, 1.82) is 0 Å². The van der Waals surface area contributed by atoms with Gasteiger partial charge in [-0.3, -0.25) is 0 Å². The summed E-state index contributed by atoms with van der Waals surface area (Å²) in [5, 5.41) is 0. The summed E-state index contributed by atoms with van der Waals surface area (Å²) in [5.74, 6) is 0. The Balaban J connectivity index is 1.72. The molecule has 0 unspecified atom stereocenters. The van der Waals surface area contributed by atoms with Crippen LogP contribution in [0, 0.1) is 20.8 Å². The minimum atomic E-state index is 0.937. The molecule has 0 amide bonds. The minimum absolute atomic E-state index is 0.937. The van der Waals surface area contributed by atoms with Crippen molar-refractivity contribution in [2.24, 2.45) is 7.05 Å². The van der Waals surface area contributed by atoms with Crippen LogP contribution in [-0.2, 0) is 20.0 Å². The van der Waals surface area contributed by atoms with Crippen LogP contribution < -0.4 is 9.13 Å². The van der Waals surface area contributed by atoms with Gasteiger partial charge in [0.05, 0.1) is 0 Å². The molecule has 4 aromatic rings. The molecule has 150 valence electrons. The van der Waals surface area contributed by atoms with E-state index in [9.17, 15) is 0 Å². The second kappa shape index (κ2) is 8.62. The number of benzene rings is 2. The maximum Gasteiger partial charge on any atom is 0.215 e. The number of aromatic nitrogens is 2. The fourth-order valence-electron chi connectivity index (χ4n) is 4.23. The highest BCUT2D eigenvalue weighted by atomic mass is 15.0. The van der Waals surface area contributed by atoms with E-state index >= 15 is 0 Å². The Kier molecular flexibility index (Phi) is 5.76. The highest BCUT2D eigenvalue weighted by molar-refractivity contribution is 5.64. The third-order valence-electron chi connectivity index (χ3n) is 5.90. The zero-order chi connectivity index (χ0) is 21.1. The minimum Gasteiger partial charge on any atom is -0.201 e. The van der Waals surface area contributed by atoms with Crippen LogP contribution in [0.5, 0.6) is 0 Å². The van der Waals surface area contributed by atoms with Crippen LogP contribution in [0.15, 0.2) is 85.2 Å². The Hall–Kier alpha value is -3.26. The highest BCUT2D eigenvalue weighted by Crippen LogP contribution is 2.24. The average molecular weight is 395 g/mol. The fraction of sp³-hybridized carbons (Fsp3) is 0.214. The van der Waals surface area contributed by atoms with E-state index in [4.69, 9.17) is 0 Å². The van der Waals surface area contributed by atoms with Crippen molar-refractivity contribution in [1.82, 2.24) is 0 Å². The van der Waals surface area contributed by atoms with E-state index < -0.39 is 0 Å². The maximum atomic E-state index is 2.39. The molecule has 0 radical (unpaired) electrons.